The van der Waals surface area contributed by atoms with Crippen molar-refractivity contribution in [2.24, 2.45) is 0 Å². The molecule has 138 valence electrons. The molecule has 1 aliphatic carbocycles. The van der Waals surface area contributed by atoms with Crippen LogP contribution in [0.3, 0.4) is 0 Å². The molecule has 26 heavy (non-hydrogen) atoms. The van der Waals surface area contributed by atoms with E-state index in [9.17, 15) is 9.18 Å². The van der Waals surface area contributed by atoms with Gasteiger partial charge in [0, 0.05) is 11.5 Å². The maximum atomic E-state index is 14.5. The minimum absolute atomic E-state index is 0.109. The highest BCUT2D eigenvalue weighted by atomic mass is 19.1. The van der Waals surface area contributed by atoms with Crippen LogP contribution in [0, 0.1) is 5.82 Å². The number of ether oxygens (including phenoxy) is 1. The Morgan fingerprint density at radius 3 is 2.58 bits per heavy atom. The zero-order chi connectivity index (χ0) is 18.9. The Kier molecular flexibility index (Phi) is 4.94. The number of rotatable bonds is 3. The summed E-state index contributed by atoms with van der Waals surface area (Å²) in [5, 5.41) is 0. The summed E-state index contributed by atoms with van der Waals surface area (Å²) in [7, 11) is 0. The van der Waals surface area contributed by atoms with Crippen molar-refractivity contribution >= 4 is 11.8 Å². The quantitative estimate of drug-likeness (QED) is 0.820. The third kappa shape index (κ3) is 4.00. The van der Waals surface area contributed by atoms with Gasteiger partial charge in [-0.1, -0.05) is 18.9 Å². The topological polar surface area (TPSA) is 78.1 Å². The molecule has 1 aromatic carbocycles. The molecule has 0 amide bonds. The highest BCUT2D eigenvalue weighted by Gasteiger charge is 2.23. The number of hydrogen-bond acceptors (Lipinski definition) is 5. The van der Waals surface area contributed by atoms with Crippen molar-refractivity contribution in [2.45, 2.75) is 58.0 Å². The molecule has 0 aliphatic heterocycles. The SMILES string of the molecule is CC(C)(C)OC(=O)c1ccc(-c2nc(C3CCCC3)cnc2N)cc1F. The first-order valence-electron chi connectivity index (χ1n) is 8.90. The molecule has 1 saturated carbocycles. The van der Waals surface area contributed by atoms with Crippen LogP contribution in [0.15, 0.2) is 24.4 Å². The smallest absolute Gasteiger partial charge is 0.341 e. The van der Waals surface area contributed by atoms with Crippen LogP contribution < -0.4 is 5.73 Å². The Bertz CT molecular complexity index is 824. The predicted octanol–water partition coefficient (Wildman–Crippen LogP) is 4.48. The van der Waals surface area contributed by atoms with E-state index in [1.165, 1.54) is 25.0 Å². The van der Waals surface area contributed by atoms with Crippen molar-refractivity contribution < 1.29 is 13.9 Å². The molecule has 1 aliphatic rings. The standard InChI is InChI=1S/C20H24FN3O2/c1-20(2,3)26-19(25)14-9-8-13(10-15(14)21)17-18(22)23-11-16(24-17)12-6-4-5-7-12/h8-12H,4-7H2,1-3H3,(H2,22,23). The van der Waals surface area contributed by atoms with E-state index in [-0.39, 0.29) is 11.4 Å². The Morgan fingerprint density at radius 1 is 1.27 bits per heavy atom. The molecule has 0 radical (unpaired) electrons. The van der Waals surface area contributed by atoms with Crippen LogP contribution in [0.1, 0.15) is 68.4 Å². The highest BCUT2D eigenvalue weighted by molar-refractivity contribution is 5.90. The minimum Gasteiger partial charge on any atom is -0.456 e. The van der Waals surface area contributed by atoms with Crippen LogP contribution in [0.4, 0.5) is 10.2 Å². The number of hydrogen-bond donors (Lipinski definition) is 1. The van der Waals surface area contributed by atoms with E-state index < -0.39 is 17.4 Å². The second-order valence-electron chi connectivity index (χ2n) is 7.71. The van der Waals surface area contributed by atoms with E-state index >= 15 is 0 Å². The molecule has 0 spiro atoms. The monoisotopic (exact) mass is 357 g/mol. The summed E-state index contributed by atoms with van der Waals surface area (Å²) < 4.78 is 19.7. The van der Waals surface area contributed by atoms with Crippen LogP contribution in [-0.4, -0.2) is 21.5 Å². The highest BCUT2D eigenvalue weighted by Crippen LogP contribution is 2.34. The second kappa shape index (κ2) is 7.02. The van der Waals surface area contributed by atoms with E-state index in [4.69, 9.17) is 10.5 Å². The summed E-state index contributed by atoms with van der Waals surface area (Å²) in [5.74, 6) is -0.728. The first kappa shape index (κ1) is 18.3. The van der Waals surface area contributed by atoms with Gasteiger partial charge in [-0.05, 0) is 45.7 Å². The third-order valence-corrected chi connectivity index (χ3v) is 4.45. The van der Waals surface area contributed by atoms with E-state index in [2.05, 4.69) is 9.97 Å². The number of nitrogen functional groups attached to an aromatic ring is 1. The Labute approximate surface area is 152 Å². The van der Waals surface area contributed by atoms with Crippen LogP contribution in [0.5, 0.6) is 0 Å². The number of nitrogens with two attached hydrogens (primary N) is 1. The first-order valence-corrected chi connectivity index (χ1v) is 8.90. The van der Waals surface area contributed by atoms with Crippen LogP contribution >= 0.6 is 0 Å². The Morgan fingerprint density at radius 2 is 1.96 bits per heavy atom. The van der Waals surface area contributed by atoms with Crippen molar-refractivity contribution in [1.82, 2.24) is 9.97 Å². The van der Waals surface area contributed by atoms with E-state index in [0.717, 1.165) is 18.5 Å². The van der Waals surface area contributed by atoms with Crippen molar-refractivity contribution in [3.8, 4) is 11.3 Å². The Balaban J connectivity index is 1.91. The Hall–Kier alpha value is -2.50. The summed E-state index contributed by atoms with van der Waals surface area (Å²) in [4.78, 5) is 21.0. The molecular weight excluding hydrogens is 333 g/mol. The van der Waals surface area contributed by atoms with Gasteiger partial charge in [0.1, 0.15) is 22.9 Å². The third-order valence-electron chi connectivity index (χ3n) is 4.45. The van der Waals surface area contributed by atoms with Gasteiger partial charge in [-0.15, -0.1) is 0 Å². The molecule has 2 aromatic rings. The number of carbonyl (C=O) groups excluding carboxylic acids is 1. The van der Waals surface area contributed by atoms with Crippen molar-refractivity contribution in [3.05, 3.63) is 41.5 Å². The van der Waals surface area contributed by atoms with Gasteiger partial charge >= 0.3 is 5.97 Å². The summed E-state index contributed by atoms with van der Waals surface area (Å²) in [6, 6.07) is 4.29. The number of benzene rings is 1. The van der Waals surface area contributed by atoms with Crippen LogP contribution in [0.2, 0.25) is 0 Å². The summed E-state index contributed by atoms with van der Waals surface area (Å²) in [6.45, 7) is 5.21. The summed E-state index contributed by atoms with van der Waals surface area (Å²) in [5.41, 5.74) is 7.01. The predicted molar refractivity (Wildman–Crippen MR) is 98.2 cm³/mol. The lowest BCUT2D eigenvalue weighted by Crippen LogP contribution is -2.24. The van der Waals surface area contributed by atoms with Gasteiger partial charge in [0.15, 0.2) is 0 Å². The molecule has 0 saturated heterocycles. The van der Waals surface area contributed by atoms with E-state index in [0.29, 0.717) is 17.2 Å². The number of anilines is 1. The van der Waals surface area contributed by atoms with Gasteiger partial charge in [-0.25, -0.2) is 19.2 Å². The maximum absolute atomic E-state index is 14.5. The molecule has 1 fully saturated rings. The summed E-state index contributed by atoms with van der Waals surface area (Å²) >= 11 is 0. The van der Waals surface area contributed by atoms with E-state index in [1.54, 1.807) is 33.0 Å². The van der Waals surface area contributed by atoms with E-state index in [1.807, 2.05) is 0 Å². The number of carbonyl (C=O) groups is 1. The molecule has 2 N–H and O–H groups in total. The fourth-order valence-corrected chi connectivity index (χ4v) is 3.20. The van der Waals surface area contributed by atoms with Crippen molar-refractivity contribution in [2.75, 3.05) is 5.73 Å². The van der Waals surface area contributed by atoms with Gasteiger partial charge in [-0.3, -0.25) is 0 Å². The lowest BCUT2D eigenvalue weighted by Gasteiger charge is -2.19. The number of nitrogens with zero attached hydrogens (tertiary/aromatic N) is 2. The average Bonchev–Trinajstić information content (AvgIpc) is 3.08. The zero-order valence-electron chi connectivity index (χ0n) is 15.4. The second-order valence-corrected chi connectivity index (χ2v) is 7.71. The molecule has 1 aromatic heterocycles. The average molecular weight is 357 g/mol. The van der Waals surface area contributed by atoms with Crippen molar-refractivity contribution in [1.29, 1.82) is 0 Å². The molecule has 0 atom stereocenters. The molecule has 6 heteroatoms. The first-order chi connectivity index (χ1) is 12.2. The number of esters is 1. The van der Waals surface area contributed by atoms with Gasteiger partial charge in [-0.2, -0.15) is 0 Å². The molecule has 0 unspecified atom stereocenters. The number of aromatic nitrogens is 2. The largest absolute Gasteiger partial charge is 0.456 e. The van der Waals surface area contributed by atoms with Crippen LogP contribution in [-0.2, 0) is 4.74 Å². The normalized spacial score (nSPS) is 15.2. The molecule has 1 heterocycles. The molecule has 3 rings (SSSR count). The zero-order valence-corrected chi connectivity index (χ0v) is 15.4. The maximum Gasteiger partial charge on any atom is 0.341 e. The molecule has 0 bridgehead atoms. The van der Waals surface area contributed by atoms with Gasteiger partial charge < -0.3 is 10.5 Å². The lowest BCUT2D eigenvalue weighted by atomic mass is 10.0. The van der Waals surface area contributed by atoms with Gasteiger partial charge in [0.2, 0.25) is 0 Å². The van der Waals surface area contributed by atoms with Crippen molar-refractivity contribution in [3.63, 3.8) is 0 Å². The summed E-state index contributed by atoms with van der Waals surface area (Å²) in [6.07, 6.45) is 6.25. The number of halogens is 1. The fourth-order valence-electron chi connectivity index (χ4n) is 3.20. The lowest BCUT2D eigenvalue weighted by molar-refractivity contribution is 0.00648. The van der Waals surface area contributed by atoms with Crippen LogP contribution in [0.25, 0.3) is 11.3 Å². The fraction of sp³-hybridized carbons (Fsp3) is 0.450. The van der Waals surface area contributed by atoms with Gasteiger partial charge in [0.25, 0.3) is 0 Å². The van der Waals surface area contributed by atoms with Gasteiger partial charge in [0.05, 0.1) is 17.5 Å². The molecular formula is C20H24FN3O2. The molecule has 5 nitrogen and oxygen atoms in total. The minimum atomic E-state index is -0.694.